The molecule has 0 fully saturated rings. The summed E-state index contributed by atoms with van der Waals surface area (Å²) < 4.78 is 14.0. The summed E-state index contributed by atoms with van der Waals surface area (Å²) in [7, 11) is 4.08. The van der Waals surface area contributed by atoms with E-state index in [-0.39, 0.29) is 5.82 Å². The molecule has 0 atom stereocenters. The van der Waals surface area contributed by atoms with Gasteiger partial charge in [-0.15, -0.1) is 0 Å². The van der Waals surface area contributed by atoms with E-state index in [1.165, 1.54) is 6.07 Å². The van der Waals surface area contributed by atoms with Crippen molar-refractivity contribution in [2.45, 2.75) is 6.42 Å². The zero-order valence-corrected chi connectivity index (χ0v) is 15.5. The van der Waals surface area contributed by atoms with E-state index in [4.69, 9.17) is 0 Å². The van der Waals surface area contributed by atoms with Gasteiger partial charge >= 0.3 is 0 Å². The number of anilines is 3. The highest BCUT2D eigenvalue weighted by Crippen LogP contribution is 2.24. The van der Waals surface area contributed by atoms with E-state index >= 15 is 0 Å². The van der Waals surface area contributed by atoms with Crippen molar-refractivity contribution in [3.8, 4) is 11.3 Å². The van der Waals surface area contributed by atoms with E-state index in [0.717, 1.165) is 30.8 Å². The van der Waals surface area contributed by atoms with Crippen LogP contribution in [-0.4, -0.2) is 47.0 Å². The molecular formula is C20H23FN6. The SMILES string of the molecule is CN(C)CCCNc1nc(Nc2ccccc2F)cc(-c2ccncc2)n1. The van der Waals surface area contributed by atoms with E-state index in [2.05, 4.69) is 30.5 Å². The van der Waals surface area contributed by atoms with Crippen molar-refractivity contribution in [2.24, 2.45) is 0 Å². The minimum atomic E-state index is -0.331. The predicted molar refractivity (Wildman–Crippen MR) is 107 cm³/mol. The number of nitrogens with zero attached hydrogens (tertiary/aromatic N) is 4. The Morgan fingerprint density at radius 1 is 1.04 bits per heavy atom. The molecule has 0 aliphatic rings. The van der Waals surface area contributed by atoms with Gasteiger partial charge in [-0.1, -0.05) is 12.1 Å². The topological polar surface area (TPSA) is 66.0 Å². The molecule has 0 aliphatic carbocycles. The number of pyridine rings is 1. The number of nitrogens with one attached hydrogen (secondary N) is 2. The summed E-state index contributed by atoms with van der Waals surface area (Å²) in [5, 5.41) is 6.29. The fraction of sp³-hybridized carbons (Fsp3) is 0.250. The van der Waals surface area contributed by atoms with Crippen LogP contribution in [0.3, 0.4) is 0 Å². The predicted octanol–water partition coefficient (Wildman–Crippen LogP) is 3.78. The summed E-state index contributed by atoms with van der Waals surface area (Å²) in [6.07, 6.45) is 4.39. The summed E-state index contributed by atoms with van der Waals surface area (Å²) in [6, 6.07) is 12.1. The van der Waals surface area contributed by atoms with Crippen molar-refractivity contribution in [3.05, 3.63) is 60.7 Å². The number of halogens is 1. The molecule has 2 N–H and O–H groups in total. The molecule has 0 saturated heterocycles. The molecule has 0 spiro atoms. The second-order valence-corrected chi connectivity index (χ2v) is 6.39. The van der Waals surface area contributed by atoms with Gasteiger partial charge in [0, 0.05) is 30.6 Å². The molecule has 0 radical (unpaired) electrons. The maximum Gasteiger partial charge on any atom is 0.225 e. The summed E-state index contributed by atoms with van der Waals surface area (Å²) in [4.78, 5) is 15.2. The second kappa shape index (κ2) is 9.05. The van der Waals surface area contributed by atoms with E-state index in [9.17, 15) is 4.39 Å². The largest absolute Gasteiger partial charge is 0.354 e. The van der Waals surface area contributed by atoms with E-state index in [0.29, 0.717) is 17.5 Å². The summed E-state index contributed by atoms with van der Waals surface area (Å²) in [5.74, 6) is 0.695. The van der Waals surface area contributed by atoms with Gasteiger partial charge in [0.2, 0.25) is 5.95 Å². The van der Waals surface area contributed by atoms with Crippen molar-refractivity contribution in [1.82, 2.24) is 19.9 Å². The quantitative estimate of drug-likeness (QED) is 0.592. The average Bonchev–Trinajstić information content (AvgIpc) is 2.67. The van der Waals surface area contributed by atoms with E-state index in [1.807, 2.05) is 26.2 Å². The third-order valence-electron chi connectivity index (χ3n) is 3.90. The Bertz CT molecular complexity index is 869. The van der Waals surface area contributed by atoms with Crippen LogP contribution in [0, 0.1) is 5.82 Å². The lowest BCUT2D eigenvalue weighted by Gasteiger charge is -2.13. The van der Waals surface area contributed by atoms with Gasteiger partial charge in [0.1, 0.15) is 11.6 Å². The third kappa shape index (κ3) is 5.46. The van der Waals surface area contributed by atoms with Crippen LogP contribution in [0.5, 0.6) is 0 Å². The lowest BCUT2D eigenvalue weighted by molar-refractivity contribution is 0.405. The van der Waals surface area contributed by atoms with Crippen molar-refractivity contribution in [1.29, 1.82) is 0 Å². The molecule has 0 unspecified atom stereocenters. The van der Waals surface area contributed by atoms with E-state index in [1.54, 1.807) is 36.7 Å². The zero-order valence-electron chi connectivity index (χ0n) is 15.5. The number of aromatic nitrogens is 3. The van der Waals surface area contributed by atoms with Gasteiger partial charge in [0.25, 0.3) is 0 Å². The van der Waals surface area contributed by atoms with Gasteiger partial charge in [-0.3, -0.25) is 4.98 Å². The molecule has 0 bridgehead atoms. The van der Waals surface area contributed by atoms with Crippen molar-refractivity contribution in [2.75, 3.05) is 37.8 Å². The Morgan fingerprint density at radius 3 is 2.56 bits per heavy atom. The maximum absolute atomic E-state index is 14.0. The number of rotatable bonds is 8. The van der Waals surface area contributed by atoms with Crippen LogP contribution in [0.25, 0.3) is 11.3 Å². The molecule has 2 aromatic heterocycles. The van der Waals surface area contributed by atoms with Crippen molar-refractivity contribution < 1.29 is 4.39 Å². The second-order valence-electron chi connectivity index (χ2n) is 6.39. The first-order valence-electron chi connectivity index (χ1n) is 8.81. The number of hydrogen-bond acceptors (Lipinski definition) is 6. The fourth-order valence-corrected chi connectivity index (χ4v) is 2.56. The molecule has 1 aromatic carbocycles. The highest BCUT2D eigenvalue weighted by Gasteiger charge is 2.09. The van der Waals surface area contributed by atoms with Crippen LogP contribution in [0.2, 0.25) is 0 Å². The number of hydrogen-bond donors (Lipinski definition) is 2. The van der Waals surface area contributed by atoms with Gasteiger partial charge < -0.3 is 15.5 Å². The molecule has 0 aliphatic heterocycles. The van der Waals surface area contributed by atoms with Crippen molar-refractivity contribution >= 4 is 17.5 Å². The molecule has 27 heavy (non-hydrogen) atoms. The number of benzene rings is 1. The van der Waals surface area contributed by atoms with E-state index < -0.39 is 0 Å². The van der Waals surface area contributed by atoms with Gasteiger partial charge in [0.05, 0.1) is 11.4 Å². The monoisotopic (exact) mass is 366 g/mol. The Labute approximate surface area is 158 Å². The van der Waals surface area contributed by atoms with Gasteiger partial charge in [-0.2, -0.15) is 4.98 Å². The molecule has 0 saturated carbocycles. The van der Waals surface area contributed by atoms with Crippen LogP contribution in [0.4, 0.5) is 21.8 Å². The average molecular weight is 366 g/mol. The van der Waals surface area contributed by atoms with Crippen LogP contribution in [0.1, 0.15) is 6.42 Å². The Hall–Kier alpha value is -3.06. The lowest BCUT2D eigenvalue weighted by Crippen LogP contribution is -2.17. The standard InChI is InChI=1S/C20H23FN6/c1-27(2)13-5-10-23-20-25-18(15-8-11-22-12-9-15)14-19(26-20)24-17-7-4-3-6-16(17)21/h3-4,6-9,11-12,14H,5,10,13H2,1-2H3,(H2,23,24,25,26). The van der Waals surface area contributed by atoms with Gasteiger partial charge in [0.15, 0.2) is 0 Å². The Kier molecular flexibility index (Phi) is 6.27. The first kappa shape index (κ1) is 18.7. The molecule has 3 rings (SSSR count). The lowest BCUT2D eigenvalue weighted by atomic mass is 10.2. The fourth-order valence-electron chi connectivity index (χ4n) is 2.56. The highest BCUT2D eigenvalue weighted by atomic mass is 19.1. The summed E-state index contributed by atoms with van der Waals surface area (Å²) in [5.41, 5.74) is 2.03. The third-order valence-corrected chi connectivity index (χ3v) is 3.90. The molecule has 2 heterocycles. The minimum Gasteiger partial charge on any atom is -0.354 e. The Morgan fingerprint density at radius 2 is 1.81 bits per heavy atom. The maximum atomic E-state index is 14.0. The smallest absolute Gasteiger partial charge is 0.225 e. The molecule has 7 heteroatoms. The minimum absolute atomic E-state index is 0.331. The first-order chi connectivity index (χ1) is 13.1. The molecule has 3 aromatic rings. The van der Waals surface area contributed by atoms with Crippen LogP contribution >= 0.6 is 0 Å². The van der Waals surface area contributed by atoms with Gasteiger partial charge in [-0.25, -0.2) is 9.37 Å². The highest BCUT2D eigenvalue weighted by molar-refractivity contribution is 5.67. The summed E-state index contributed by atoms with van der Waals surface area (Å²) >= 11 is 0. The molecule has 140 valence electrons. The molecule has 0 amide bonds. The molecular weight excluding hydrogens is 343 g/mol. The number of para-hydroxylation sites is 1. The van der Waals surface area contributed by atoms with Crippen molar-refractivity contribution in [3.63, 3.8) is 0 Å². The molecule has 6 nitrogen and oxygen atoms in total. The van der Waals surface area contributed by atoms with Crippen LogP contribution < -0.4 is 10.6 Å². The zero-order chi connectivity index (χ0) is 19.1. The first-order valence-corrected chi connectivity index (χ1v) is 8.81. The summed E-state index contributed by atoms with van der Waals surface area (Å²) in [6.45, 7) is 1.72. The van der Waals surface area contributed by atoms with Crippen LogP contribution in [-0.2, 0) is 0 Å². The van der Waals surface area contributed by atoms with Gasteiger partial charge in [-0.05, 0) is 51.3 Å². The Balaban J connectivity index is 1.85. The normalized spacial score (nSPS) is 10.8. The van der Waals surface area contributed by atoms with Crippen LogP contribution in [0.15, 0.2) is 54.9 Å².